The summed E-state index contributed by atoms with van der Waals surface area (Å²) in [4.78, 5) is 60.7. The number of aromatic nitrogens is 2. The van der Waals surface area contributed by atoms with E-state index in [-0.39, 0.29) is 38.2 Å². The fourth-order valence-corrected chi connectivity index (χ4v) is 5.82. The summed E-state index contributed by atoms with van der Waals surface area (Å²) in [5.74, 6) is -1.52. The van der Waals surface area contributed by atoms with Crippen LogP contribution in [0.3, 0.4) is 0 Å². The number of hydrogen-bond acceptors (Lipinski definition) is 8. The first-order chi connectivity index (χ1) is 24.8. The van der Waals surface area contributed by atoms with Gasteiger partial charge >= 0.3 is 12.1 Å². The van der Waals surface area contributed by atoms with E-state index in [1.165, 1.54) is 6.33 Å². The Labute approximate surface area is 305 Å². The molecule has 0 aliphatic heterocycles. The number of alkyl carbamates (subject to hydrolysis) is 1. The van der Waals surface area contributed by atoms with E-state index < -0.39 is 53.7 Å². The van der Waals surface area contributed by atoms with Crippen molar-refractivity contribution in [3.8, 4) is 0 Å². The molecule has 0 spiro atoms. The molecule has 1 heterocycles. The third-order valence-corrected chi connectivity index (χ3v) is 8.32. The number of aromatic amines is 1. The van der Waals surface area contributed by atoms with Gasteiger partial charge in [0.25, 0.3) is 0 Å². The first-order valence-electron chi connectivity index (χ1n) is 17.7. The third kappa shape index (κ3) is 12.8. The van der Waals surface area contributed by atoms with Crippen LogP contribution in [0.1, 0.15) is 70.7 Å². The molecule has 1 aromatic heterocycles. The fourth-order valence-electron chi connectivity index (χ4n) is 5.82. The summed E-state index contributed by atoms with van der Waals surface area (Å²) in [5, 5.41) is 21.6. The number of aliphatic hydroxyl groups is 1. The zero-order valence-corrected chi connectivity index (χ0v) is 30.6. The van der Waals surface area contributed by atoms with E-state index >= 15 is 0 Å². The summed E-state index contributed by atoms with van der Waals surface area (Å²) in [7, 11) is 0. The number of benzene rings is 3. The highest BCUT2D eigenvalue weighted by molar-refractivity contribution is 5.93. The fraction of sp³-hybridized carbons (Fsp3) is 0.425. The average molecular weight is 714 g/mol. The maximum atomic E-state index is 14.1. The van der Waals surface area contributed by atoms with E-state index in [2.05, 4.69) is 25.9 Å². The normalized spacial score (nSPS) is 13.8. The molecule has 4 rings (SSSR count). The second-order valence-electron chi connectivity index (χ2n) is 14.4. The molecule has 278 valence electrons. The van der Waals surface area contributed by atoms with Gasteiger partial charge in [0.15, 0.2) is 0 Å². The second kappa shape index (κ2) is 18.8. The van der Waals surface area contributed by atoms with Crippen LogP contribution in [-0.2, 0) is 43.3 Å². The lowest BCUT2D eigenvalue weighted by molar-refractivity contribution is -0.145. The number of carbonyl (C=O) groups is 4. The first-order valence-corrected chi connectivity index (χ1v) is 17.7. The van der Waals surface area contributed by atoms with Crippen molar-refractivity contribution in [2.75, 3.05) is 0 Å². The number of carbonyl (C=O) groups excluding carboxylic acids is 4. The maximum Gasteiger partial charge on any atom is 0.408 e. The number of H-pyrrole nitrogens is 1. The average Bonchev–Trinajstić information content (AvgIpc) is 3.61. The van der Waals surface area contributed by atoms with Crippen molar-refractivity contribution in [2.45, 2.75) is 103 Å². The lowest BCUT2D eigenvalue weighted by atomic mass is 9.95. The predicted molar refractivity (Wildman–Crippen MR) is 198 cm³/mol. The molecule has 12 nitrogen and oxygen atoms in total. The molecule has 4 atom stereocenters. The molecular formula is C40H51N5O7. The smallest absolute Gasteiger partial charge is 0.408 e. The van der Waals surface area contributed by atoms with Gasteiger partial charge in [-0.1, -0.05) is 86.6 Å². The van der Waals surface area contributed by atoms with Gasteiger partial charge < -0.3 is 35.5 Å². The molecule has 0 saturated heterocycles. The zero-order chi connectivity index (χ0) is 37.7. The van der Waals surface area contributed by atoms with Gasteiger partial charge in [-0.2, -0.15) is 0 Å². The lowest BCUT2D eigenvalue weighted by Crippen LogP contribution is -2.57. The van der Waals surface area contributed by atoms with Gasteiger partial charge in [0.05, 0.1) is 24.2 Å². The molecule has 5 N–H and O–H groups in total. The molecule has 0 fully saturated rings. The summed E-state index contributed by atoms with van der Waals surface area (Å²) >= 11 is 0. The van der Waals surface area contributed by atoms with Gasteiger partial charge in [0.2, 0.25) is 11.8 Å². The van der Waals surface area contributed by atoms with Crippen LogP contribution in [0.15, 0.2) is 85.3 Å². The number of imidazole rings is 1. The summed E-state index contributed by atoms with van der Waals surface area (Å²) < 4.78 is 10.9. The Hall–Kier alpha value is -5.23. The van der Waals surface area contributed by atoms with Crippen LogP contribution in [0, 0.1) is 5.92 Å². The van der Waals surface area contributed by atoms with Crippen LogP contribution >= 0.6 is 0 Å². The summed E-state index contributed by atoms with van der Waals surface area (Å²) in [6, 6.07) is 19.8. The van der Waals surface area contributed by atoms with Crippen LogP contribution in [0.5, 0.6) is 0 Å². The van der Waals surface area contributed by atoms with E-state index in [1.807, 2.05) is 86.6 Å². The Morgan fingerprint density at radius 2 is 1.52 bits per heavy atom. The molecule has 52 heavy (non-hydrogen) atoms. The number of amides is 3. The Kier molecular flexibility index (Phi) is 14.3. The highest BCUT2D eigenvalue weighted by Crippen LogP contribution is 2.21. The molecule has 0 radical (unpaired) electrons. The number of hydrogen-bond donors (Lipinski definition) is 5. The summed E-state index contributed by atoms with van der Waals surface area (Å²) in [5.41, 5.74) is 1.39. The van der Waals surface area contributed by atoms with Crippen LogP contribution < -0.4 is 16.0 Å². The van der Waals surface area contributed by atoms with Crippen molar-refractivity contribution in [1.82, 2.24) is 25.9 Å². The third-order valence-electron chi connectivity index (χ3n) is 8.32. The van der Waals surface area contributed by atoms with Crippen molar-refractivity contribution in [2.24, 2.45) is 5.92 Å². The number of rotatable bonds is 17. The lowest BCUT2D eigenvalue weighted by Gasteiger charge is -2.29. The van der Waals surface area contributed by atoms with Crippen molar-refractivity contribution < 1.29 is 33.8 Å². The van der Waals surface area contributed by atoms with E-state index in [4.69, 9.17) is 9.47 Å². The van der Waals surface area contributed by atoms with E-state index in [1.54, 1.807) is 27.0 Å². The number of fused-ring (bicyclic) bond motifs is 1. The van der Waals surface area contributed by atoms with Crippen LogP contribution in [-0.4, -0.2) is 68.8 Å². The van der Waals surface area contributed by atoms with Crippen LogP contribution in [0.25, 0.3) is 10.8 Å². The largest absolute Gasteiger partial charge is 0.461 e. The van der Waals surface area contributed by atoms with Crippen molar-refractivity contribution in [3.05, 3.63) is 102 Å². The predicted octanol–water partition coefficient (Wildman–Crippen LogP) is 5.14. The van der Waals surface area contributed by atoms with Crippen molar-refractivity contribution >= 4 is 34.6 Å². The zero-order valence-electron chi connectivity index (χ0n) is 30.6. The van der Waals surface area contributed by atoms with Crippen LogP contribution in [0.4, 0.5) is 4.79 Å². The van der Waals surface area contributed by atoms with Crippen LogP contribution in [0.2, 0.25) is 0 Å². The Morgan fingerprint density at radius 3 is 2.21 bits per heavy atom. The highest BCUT2D eigenvalue weighted by atomic mass is 16.6. The van der Waals surface area contributed by atoms with Gasteiger partial charge in [-0.25, -0.2) is 9.78 Å². The number of nitrogens with zero attached hydrogens (tertiary/aromatic N) is 1. The number of ether oxygens (including phenoxy) is 2. The van der Waals surface area contributed by atoms with E-state index in [0.717, 1.165) is 21.9 Å². The summed E-state index contributed by atoms with van der Waals surface area (Å²) in [6.45, 7) is 9.23. The Bertz CT molecular complexity index is 1750. The molecular weight excluding hydrogens is 662 g/mol. The minimum atomic E-state index is -1.12. The minimum Gasteiger partial charge on any atom is -0.461 e. The van der Waals surface area contributed by atoms with Crippen molar-refractivity contribution in [1.29, 1.82) is 0 Å². The summed E-state index contributed by atoms with van der Waals surface area (Å²) in [6.07, 6.45) is 1.85. The van der Waals surface area contributed by atoms with Gasteiger partial charge in [-0.3, -0.25) is 14.4 Å². The number of nitrogens with one attached hydrogen (secondary N) is 4. The highest BCUT2D eigenvalue weighted by Gasteiger charge is 2.32. The maximum absolute atomic E-state index is 14.1. The monoisotopic (exact) mass is 713 g/mol. The molecule has 3 aromatic carbocycles. The quantitative estimate of drug-likeness (QED) is 0.0937. The van der Waals surface area contributed by atoms with E-state index in [9.17, 15) is 24.3 Å². The molecule has 3 amide bonds. The van der Waals surface area contributed by atoms with E-state index in [0.29, 0.717) is 12.1 Å². The second-order valence-corrected chi connectivity index (χ2v) is 14.4. The Balaban J connectivity index is 1.50. The minimum absolute atomic E-state index is 0.0325. The van der Waals surface area contributed by atoms with Crippen molar-refractivity contribution in [3.63, 3.8) is 0 Å². The van der Waals surface area contributed by atoms with Gasteiger partial charge in [0, 0.05) is 25.5 Å². The number of aliphatic hydroxyl groups excluding tert-OH is 1. The molecule has 0 aliphatic rings. The first kappa shape index (κ1) is 39.6. The SMILES string of the molecule is CC(C)C[C@H](NC(=O)[C@@H](Cc1c[nH]cn1)NC(=O)[C@H](Cc1cccc2ccccc12)NC(=O)OC(C)(C)C)[C@@H](O)CCC(=O)OCc1ccccc1. The molecule has 0 unspecified atom stereocenters. The molecule has 4 aromatic rings. The Morgan fingerprint density at radius 1 is 0.846 bits per heavy atom. The van der Waals surface area contributed by atoms with Gasteiger partial charge in [-0.05, 0) is 61.4 Å². The topological polar surface area (TPSA) is 172 Å². The molecule has 12 heteroatoms. The standard InChI is InChI=1S/C40H51N5O7/c1-26(2)20-32(35(46)18-19-36(47)51-24-27-12-7-6-8-13-27)43-38(49)34(22-30-23-41-25-42-30)44-37(48)33(45-39(50)52-40(3,4)5)21-29-16-11-15-28-14-9-10-17-31(28)29/h6-17,23,25-26,32-35,46H,18-22,24H2,1-5H3,(H,41,42)(H,43,49)(H,44,48)(H,45,50)/t32-,33-,34+,35-/m0/s1. The van der Waals surface area contributed by atoms with Gasteiger partial charge in [-0.15, -0.1) is 0 Å². The molecule has 0 saturated carbocycles. The number of esters is 1. The molecule has 0 bridgehead atoms. The van der Waals surface area contributed by atoms with Gasteiger partial charge in [0.1, 0.15) is 24.3 Å². The molecule has 0 aliphatic carbocycles.